The Bertz CT molecular complexity index is 581. The van der Waals surface area contributed by atoms with Gasteiger partial charge in [0.2, 0.25) is 0 Å². The summed E-state index contributed by atoms with van der Waals surface area (Å²) in [4.78, 5) is 11.0. The summed E-state index contributed by atoms with van der Waals surface area (Å²) >= 11 is 0. The molecule has 2 aromatic rings. The Balaban J connectivity index is 1.75. The zero-order chi connectivity index (χ0) is 14.4. The lowest BCUT2D eigenvalue weighted by Gasteiger charge is -2.09. The van der Waals surface area contributed by atoms with E-state index in [1.807, 2.05) is 13.2 Å². The SMILES string of the molecule is Cn1cc(CNCCOc2ccccc2C(=O)O)cn1. The summed E-state index contributed by atoms with van der Waals surface area (Å²) in [7, 11) is 1.87. The number of para-hydroxylation sites is 1. The molecule has 6 heteroatoms. The van der Waals surface area contributed by atoms with Crippen LogP contribution in [0.15, 0.2) is 36.7 Å². The molecule has 6 nitrogen and oxygen atoms in total. The molecule has 0 aliphatic carbocycles. The Morgan fingerprint density at radius 3 is 2.95 bits per heavy atom. The Morgan fingerprint density at radius 2 is 2.25 bits per heavy atom. The van der Waals surface area contributed by atoms with Crippen LogP contribution in [-0.4, -0.2) is 34.0 Å². The third-order valence-electron chi connectivity index (χ3n) is 2.74. The molecule has 2 N–H and O–H groups in total. The zero-order valence-corrected chi connectivity index (χ0v) is 11.2. The van der Waals surface area contributed by atoms with Gasteiger partial charge in [-0.1, -0.05) is 12.1 Å². The summed E-state index contributed by atoms with van der Waals surface area (Å²) in [6, 6.07) is 6.62. The van der Waals surface area contributed by atoms with Crippen LogP contribution in [0, 0.1) is 0 Å². The number of hydrogen-bond donors (Lipinski definition) is 2. The van der Waals surface area contributed by atoms with Gasteiger partial charge in [0, 0.05) is 31.9 Å². The van der Waals surface area contributed by atoms with E-state index in [-0.39, 0.29) is 5.56 Å². The van der Waals surface area contributed by atoms with Crippen LogP contribution in [0.4, 0.5) is 0 Å². The van der Waals surface area contributed by atoms with Crippen LogP contribution in [0.3, 0.4) is 0 Å². The molecular formula is C14H17N3O3. The van der Waals surface area contributed by atoms with E-state index in [2.05, 4.69) is 10.4 Å². The lowest BCUT2D eigenvalue weighted by atomic mass is 10.2. The Hall–Kier alpha value is -2.34. The number of carbonyl (C=O) groups is 1. The average molecular weight is 275 g/mol. The molecule has 20 heavy (non-hydrogen) atoms. The number of benzene rings is 1. The molecule has 106 valence electrons. The second kappa shape index (κ2) is 6.72. The second-order valence-corrected chi connectivity index (χ2v) is 4.35. The maximum atomic E-state index is 11.0. The largest absolute Gasteiger partial charge is 0.491 e. The van der Waals surface area contributed by atoms with E-state index in [9.17, 15) is 4.79 Å². The monoisotopic (exact) mass is 275 g/mol. The van der Waals surface area contributed by atoms with E-state index in [1.165, 1.54) is 6.07 Å². The predicted molar refractivity (Wildman–Crippen MR) is 73.8 cm³/mol. The van der Waals surface area contributed by atoms with E-state index in [0.717, 1.165) is 5.56 Å². The minimum Gasteiger partial charge on any atom is -0.491 e. The predicted octanol–water partition coefficient (Wildman–Crippen LogP) is 1.29. The number of nitrogens with one attached hydrogen (secondary N) is 1. The number of carboxylic acids is 1. The summed E-state index contributed by atoms with van der Waals surface area (Å²) in [6.07, 6.45) is 3.74. The molecule has 1 heterocycles. The van der Waals surface area contributed by atoms with Crippen LogP contribution in [0.5, 0.6) is 5.75 Å². The molecule has 0 aliphatic heterocycles. The van der Waals surface area contributed by atoms with Crippen molar-refractivity contribution in [1.82, 2.24) is 15.1 Å². The number of nitrogens with zero attached hydrogens (tertiary/aromatic N) is 2. The molecule has 0 radical (unpaired) electrons. The number of aromatic nitrogens is 2. The van der Waals surface area contributed by atoms with E-state index >= 15 is 0 Å². The van der Waals surface area contributed by atoms with Gasteiger partial charge in [-0.25, -0.2) is 4.79 Å². The first-order valence-corrected chi connectivity index (χ1v) is 6.30. The van der Waals surface area contributed by atoms with Crippen molar-refractivity contribution in [1.29, 1.82) is 0 Å². The minimum atomic E-state index is -0.982. The van der Waals surface area contributed by atoms with Crippen molar-refractivity contribution < 1.29 is 14.6 Å². The molecule has 0 saturated heterocycles. The Kier molecular flexibility index (Phi) is 4.73. The van der Waals surface area contributed by atoms with Gasteiger partial charge in [-0.05, 0) is 12.1 Å². The topological polar surface area (TPSA) is 76.4 Å². The Morgan fingerprint density at radius 1 is 1.45 bits per heavy atom. The van der Waals surface area contributed by atoms with Gasteiger partial charge in [-0.2, -0.15) is 5.10 Å². The summed E-state index contributed by atoms with van der Waals surface area (Å²) in [5, 5.41) is 16.3. The smallest absolute Gasteiger partial charge is 0.339 e. The van der Waals surface area contributed by atoms with Gasteiger partial charge >= 0.3 is 5.97 Å². The number of rotatable bonds is 7. The van der Waals surface area contributed by atoms with Crippen LogP contribution in [0.2, 0.25) is 0 Å². The normalized spacial score (nSPS) is 10.4. The highest BCUT2D eigenvalue weighted by molar-refractivity contribution is 5.90. The summed E-state index contributed by atoms with van der Waals surface area (Å²) in [6.45, 7) is 1.74. The molecule has 0 spiro atoms. The first-order valence-electron chi connectivity index (χ1n) is 6.30. The van der Waals surface area contributed by atoms with Gasteiger partial charge in [-0.15, -0.1) is 0 Å². The average Bonchev–Trinajstić information content (AvgIpc) is 2.84. The van der Waals surface area contributed by atoms with Gasteiger partial charge in [0.05, 0.1) is 6.20 Å². The molecule has 2 rings (SSSR count). The van der Waals surface area contributed by atoms with Crippen molar-refractivity contribution in [3.63, 3.8) is 0 Å². The molecule has 0 saturated carbocycles. The quantitative estimate of drug-likeness (QED) is 0.745. The second-order valence-electron chi connectivity index (χ2n) is 4.35. The highest BCUT2D eigenvalue weighted by Gasteiger charge is 2.09. The molecular weight excluding hydrogens is 258 g/mol. The van der Waals surface area contributed by atoms with Crippen LogP contribution in [0.25, 0.3) is 0 Å². The fraction of sp³-hybridized carbons (Fsp3) is 0.286. The summed E-state index contributed by atoms with van der Waals surface area (Å²) in [5.41, 5.74) is 1.28. The molecule has 0 bridgehead atoms. The van der Waals surface area contributed by atoms with Crippen molar-refractivity contribution in [2.45, 2.75) is 6.54 Å². The van der Waals surface area contributed by atoms with Crippen LogP contribution >= 0.6 is 0 Å². The first kappa shape index (κ1) is 14.1. The lowest BCUT2D eigenvalue weighted by molar-refractivity contribution is 0.0692. The van der Waals surface area contributed by atoms with Gasteiger partial charge in [0.1, 0.15) is 17.9 Å². The van der Waals surface area contributed by atoms with Crippen molar-refractivity contribution in [2.24, 2.45) is 7.05 Å². The number of aromatic carboxylic acids is 1. The molecule has 0 aliphatic rings. The van der Waals surface area contributed by atoms with E-state index < -0.39 is 5.97 Å². The van der Waals surface area contributed by atoms with Gasteiger partial charge in [-0.3, -0.25) is 4.68 Å². The number of ether oxygens (including phenoxy) is 1. The fourth-order valence-corrected chi connectivity index (χ4v) is 1.80. The highest BCUT2D eigenvalue weighted by Crippen LogP contribution is 2.17. The molecule has 1 aromatic carbocycles. The van der Waals surface area contributed by atoms with Crippen molar-refractivity contribution in [3.05, 3.63) is 47.8 Å². The van der Waals surface area contributed by atoms with Crippen LogP contribution in [-0.2, 0) is 13.6 Å². The maximum Gasteiger partial charge on any atom is 0.339 e. The van der Waals surface area contributed by atoms with Gasteiger partial charge in [0.25, 0.3) is 0 Å². The van der Waals surface area contributed by atoms with E-state index in [0.29, 0.717) is 25.4 Å². The fourth-order valence-electron chi connectivity index (χ4n) is 1.80. The number of hydrogen-bond acceptors (Lipinski definition) is 4. The molecule has 0 unspecified atom stereocenters. The van der Waals surface area contributed by atoms with Crippen molar-refractivity contribution >= 4 is 5.97 Å². The van der Waals surface area contributed by atoms with Crippen LogP contribution in [0.1, 0.15) is 15.9 Å². The minimum absolute atomic E-state index is 0.180. The highest BCUT2D eigenvalue weighted by atomic mass is 16.5. The summed E-state index contributed by atoms with van der Waals surface area (Å²) < 4.78 is 7.22. The third kappa shape index (κ3) is 3.83. The van der Waals surface area contributed by atoms with E-state index in [4.69, 9.17) is 9.84 Å². The number of carboxylic acid groups (broad SMARTS) is 1. The molecule has 1 aromatic heterocycles. The van der Waals surface area contributed by atoms with Gasteiger partial charge in [0.15, 0.2) is 0 Å². The Labute approximate surface area is 117 Å². The molecule has 0 amide bonds. The van der Waals surface area contributed by atoms with Crippen molar-refractivity contribution in [2.75, 3.05) is 13.2 Å². The first-order chi connectivity index (χ1) is 9.66. The molecule has 0 atom stereocenters. The van der Waals surface area contributed by atoms with Gasteiger partial charge < -0.3 is 15.2 Å². The van der Waals surface area contributed by atoms with Crippen LogP contribution < -0.4 is 10.1 Å². The van der Waals surface area contributed by atoms with E-state index in [1.54, 1.807) is 29.1 Å². The standard InChI is InChI=1S/C14H17N3O3/c1-17-10-11(9-16-17)8-15-6-7-20-13-5-3-2-4-12(13)14(18)19/h2-5,9-10,15H,6-8H2,1H3,(H,18,19). The summed E-state index contributed by atoms with van der Waals surface area (Å²) in [5.74, 6) is -0.591. The zero-order valence-electron chi connectivity index (χ0n) is 11.2. The number of aryl methyl sites for hydroxylation is 1. The third-order valence-corrected chi connectivity index (χ3v) is 2.74. The van der Waals surface area contributed by atoms with Crippen molar-refractivity contribution in [3.8, 4) is 5.75 Å². The molecule has 0 fully saturated rings. The lowest BCUT2D eigenvalue weighted by Crippen LogP contribution is -2.20. The maximum absolute atomic E-state index is 11.0.